The van der Waals surface area contributed by atoms with Gasteiger partial charge in [-0.2, -0.15) is 10.3 Å². The van der Waals surface area contributed by atoms with Crippen molar-refractivity contribution in [2.75, 3.05) is 26.2 Å². The van der Waals surface area contributed by atoms with Gasteiger partial charge in [-0.25, -0.2) is 0 Å². The molecular weight excluding hydrogens is 190 g/mol. The van der Waals surface area contributed by atoms with Crippen LogP contribution in [-0.4, -0.2) is 37.3 Å². The Morgan fingerprint density at radius 2 is 2.20 bits per heavy atom. The van der Waals surface area contributed by atoms with Gasteiger partial charge < -0.3 is 5.32 Å². The lowest BCUT2D eigenvalue weighted by Gasteiger charge is -2.19. The van der Waals surface area contributed by atoms with Gasteiger partial charge in [0.1, 0.15) is 0 Å². The smallest absolute Gasteiger partial charge is 0.0929 e. The highest BCUT2D eigenvalue weighted by Gasteiger charge is 2.26. The molecule has 0 aromatic carbocycles. The van der Waals surface area contributed by atoms with E-state index in [9.17, 15) is 0 Å². The van der Waals surface area contributed by atoms with Crippen molar-refractivity contribution < 1.29 is 4.84 Å². The van der Waals surface area contributed by atoms with E-state index in [0.29, 0.717) is 6.10 Å². The molecule has 4 nitrogen and oxygen atoms in total. The van der Waals surface area contributed by atoms with Crippen molar-refractivity contribution in [3.63, 3.8) is 0 Å². The molecule has 2 saturated heterocycles. The standard InChI is InChI=1S/C9H15N3O.C2H6/c10-5-8-2-4-12(7-8)13-9-1-3-11-6-9;1-2/h8-9,11H,1-4,6-7H2;1-2H3. The molecule has 4 heteroatoms. The van der Waals surface area contributed by atoms with Crippen LogP contribution in [-0.2, 0) is 4.84 Å². The van der Waals surface area contributed by atoms with Gasteiger partial charge in [-0.15, -0.1) is 0 Å². The lowest BCUT2D eigenvalue weighted by atomic mass is 10.1. The first-order valence-corrected chi connectivity index (χ1v) is 5.90. The SMILES string of the molecule is CC.N#CC1CCN(OC2CCNC2)C1. The monoisotopic (exact) mass is 211 g/mol. The van der Waals surface area contributed by atoms with E-state index in [0.717, 1.165) is 39.0 Å². The third kappa shape index (κ3) is 3.78. The van der Waals surface area contributed by atoms with E-state index >= 15 is 0 Å². The van der Waals surface area contributed by atoms with E-state index in [1.807, 2.05) is 18.9 Å². The molecule has 0 spiro atoms. The van der Waals surface area contributed by atoms with Crippen molar-refractivity contribution in [1.82, 2.24) is 10.4 Å². The van der Waals surface area contributed by atoms with Crippen LogP contribution in [0.4, 0.5) is 0 Å². The van der Waals surface area contributed by atoms with E-state index in [1.165, 1.54) is 0 Å². The zero-order valence-corrected chi connectivity index (χ0v) is 9.70. The Bertz CT molecular complexity index is 208. The highest BCUT2D eigenvalue weighted by molar-refractivity contribution is 4.88. The Kier molecular flexibility index (Phi) is 5.62. The van der Waals surface area contributed by atoms with Gasteiger partial charge >= 0.3 is 0 Å². The van der Waals surface area contributed by atoms with Crippen LogP contribution in [0.25, 0.3) is 0 Å². The van der Waals surface area contributed by atoms with Crippen LogP contribution in [0.1, 0.15) is 26.7 Å². The van der Waals surface area contributed by atoms with Gasteiger partial charge in [0.15, 0.2) is 0 Å². The Morgan fingerprint density at radius 3 is 2.73 bits per heavy atom. The Morgan fingerprint density at radius 1 is 1.40 bits per heavy atom. The van der Waals surface area contributed by atoms with Crippen LogP contribution < -0.4 is 5.32 Å². The predicted molar refractivity (Wildman–Crippen MR) is 59.0 cm³/mol. The number of nitrogens with zero attached hydrogens (tertiary/aromatic N) is 2. The molecule has 2 aliphatic heterocycles. The maximum Gasteiger partial charge on any atom is 0.0929 e. The van der Waals surface area contributed by atoms with Crippen LogP contribution in [0.15, 0.2) is 0 Å². The van der Waals surface area contributed by atoms with Gasteiger partial charge in [-0.1, -0.05) is 13.8 Å². The summed E-state index contributed by atoms with van der Waals surface area (Å²) < 4.78 is 0. The van der Waals surface area contributed by atoms with Gasteiger partial charge in [0.05, 0.1) is 18.1 Å². The number of hydroxylamine groups is 2. The van der Waals surface area contributed by atoms with E-state index in [1.54, 1.807) is 0 Å². The normalized spacial score (nSPS) is 30.7. The number of hydrogen-bond acceptors (Lipinski definition) is 4. The van der Waals surface area contributed by atoms with Crippen molar-refractivity contribution >= 4 is 0 Å². The summed E-state index contributed by atoms with van der Waals surface area (Å²) in [6.45, 7) is 7.70. The fraction of sp³-hybridized carbons (Fsp3) is 0.909. The van der Waals surface area contributed by atoms with Gasteiger partial charge in [0.25, 0.3) is 0 Å². The van der Waals surface area contributed by atoms with Gasteiger partial charge in [0.2, 0.25) is 0 Å². The van der Waals surface area contributed by atoms with Crippen LogP contribution in [0.3, 0.4) is 0 Å². The number of nitriles is 1. The first kappa shape index (κ1) is 12.4. The van der Waals surface area contributed by atoms with E-state index < -0.39 is 0 Å². The van der Waals surface area contributed by atoms with Crippen molar-refractivity contribution in [2.24, 2.45) is 5.92 Å². The molecule has 15 heavy (non-hydrogen) atoms. The molecule has 1 N–H and O–H groups in total. The largest absolute Gasteiger partial charge is 0.314 e. The van der Waals surface area contributed by atoms with E-state index in [-0.39, 0.29) is 5.92 Å². The van der Waals surface area contributed by atoms with Gasteiger partial charge in [-0.3, -0.25) is 4.84 Å². The summed E-state index contributed by atoms with van der Waals surface area (Å²) in [7, 11) is 0. The van der Waals surface area contributed by atoms with Crippen LogP contribution in [0.2, 0.25) is 0 Å². The molecule has 2 heterocycles. The van der Waals surface area contributed by atoms with Gasteiger partial charge in [0, 0.05) is 19.6 Å². The predicted octanol–water partition coefficient (Wildman–Crippen LogP) is 1.15. The van der Waals surface area contributed by atoms with E-state index in [2.05, 4.69) is 11.4 Å². The molecule has 0 saturated carbocycles. The third-order valence-corrected chi connectivity index (χ3v) is 2.65. The first-order valence-electron chi connectivity index (χ1n) is 5.90. The van der Waals surface area contributed by atoms with Gasteiger partial charge in [-0.05, 0) is 19.4 Å². The molecule has 0 aliphatic carbocycles. The van der Waals surface area contributed by atoms with Crippen molar-refractivity contribution in [3.8, 4) is 6.07 Å². The minimum Gasteiger partial charge on any atom is -0.314 e. The maximum absolute atomic E-state index is 8.70. The number of hydrogen-bond donors (Lipinski definition) is 1. The summed E-state index contributed by atoms with van der Waals surface area (Å²) in [6, 6.07) is 2.28. The quantitative estimate of drug-likeness (QED) is 0.744. The Hall–Kier alpha value is -0.630. The molecule has 0 aromatic heterocycles. The lowest BCUT2D eigenvalue weighted by molar-refractivity contribution is -0.178. The van der Waals surface area contributed by atoms with Crippen LogP contribution in [0.5, 0.6) is 0 Å². The summed E-state index contributed by atoms with van der Waals surface area (Å²) >= 11 is 0. The third-order valence-electron chi connectivity index (χ3n) is 2.65. The number of nitrogens with one attached hydrogen (secondary N) is 1. The van der Waals surface area contributed by atoms with Crippen molar-refractivity contribution in [2.45, 2.75) is 32.8 Å². The minimum absolute atomic E-state index is 0.175. The average Bonchev–Trinajstić information content (AvgIpc) is 2.93. The molecule has 86 valence electrons. The average molecular weight is 211 g/mol. The number of rotatable bonds is 2. The molecule has 2 unspecified atom stereocenters. The van der Waals surface area contributed by atoms with Crippen molar-refractivity contribution in [3.05, 3.63) is 0 Å². The van der Waals surface area contributed by atoms with Crippen LogP contribution in [0, 0.1) is 17.2 Å². The molecular formula is C11H21N3O. The maximum atomic E-state index is 8.70. The second kappa shape index (κ2) is 6.78. The topological polar surface area (TPSA) is 48.3 Å². The summed E-state index contributed by atoms with van der Waals surface area (Å²) in [5, 5.41) is 13.9. The highest BCUT2D eigenvalue weighted by Crippen LogP contribution is 2.17. The Labute approximate surface area is 92.2 Å². The second-order valence-corrected chi connectivity index (χ2v) is 3.72. The molecule has 0 radical (unpaired) electrons. The molecule has 0 aromatic rings. The molecule has 2 fully saturated rings. The fourth-order valence-electron chi connectivity index (χ4n) is 1.86. The van der Waals surface area contributed by atoms with E-state index in [4.69, 9.17) is 10.1 Å². The molecule has 0 bridgehead atoms. The van der Waals surface area contributed by atoms with Crippen molar-refractivity contribution in [1.29, 1.82) is 5.26 Å². The minimum atomic E-state index is 0.175. The second-order valence-electron chi connectivity index (χ2n) is 3.72. The zero-order valence-electron chi connectivity index (χ0n) is 9.70. The Balaban J connectivity index is 0.000000531. The summed E-state index contributed by atoms with van der Waals surface area (Å²) in [6.07, 6.45) is 2.38. The molecule has 2 rings (SSSR count). The summed E-state index contributed by atoms with van der Waals surface area (Å²) in [5.74, 6) is 0.175. The molecule has 2 aliphatic rings. The molecule has 0 amide bonds. The van der Waals surface area contributed by atoms with Crippen LogP contribution >= 0.6 is 0 Å². The summed E-state index contributed by atoms with van der Waals surface area (Å²) in [4.78, 5) is 5.72. The lowest BCUT2D eigenvalue weighted by Crippen LogP contribution is -2.29. The first-order chi connectivity index (χ1) is 7.38. The molecule has 2 atom stereocenters. The zero-order chi connectivity index (χ0) is 11.1. The fourth-order valence-corrected chi connectivity index (χ4v) is 1.86. The summed E-state index contributed by atoms with van der Waals surface area (Å²) in [5.41, 5.74) is 0. The highest BCUT2D eigenvalue weighted by atomic mass is 16.7.